The van der Waals surface area contributed by atoms with Crippen molar-refractivity contribution in [3.05, 3.63) is 54.2 Å². The summed E-state index contributed by atoms with van der Waals surface area (Å²) >= 11 is 0. The van der Waals surface area contributed by atoms with Gasteiger partial charge in [0.25, 0.3) is 0 Å². The van der Waals surface area contributed by atoms with Gasteiger partial charge >= 0.3 is 0 Å². The van der Waals surface area contributed by atoms with E-state index in [9.17, 15) is 4.79 Å². The standard InChI is InChI=1S/C22H25N5O/c1-2-26-13-5-8-18(15-26)27-21(25-19-9-4-12-24-22(19)27)17-7-3-6-16(14-17)10-11-20(23)28/h3-4,6-7,9-12,14,18H,2,5,8,13,15H2,1H3,(H2,23,28)/b11-10+. The topological polar surface area (TPSA) is 77.0 Å². The van der Waals surface area contributed by atoms with Crippen LogP contribution < -0.4 is 5.73 Å². The average Bonchev–Trinajstić information content (AvgIpc) is 3.12. The monoisotopic (exact) mass is 375 g/mol. The Bertz CT molecular complexity index is 1020. The summed E-state index contributed by atoms with van der Waals surface area (Å²) in [7, 11) is 0. The molecular formula is C22H25N5O. The molecule has 3 heterocycles. The molecule has 3 aromatic rings. The highest BCUT2D eigenvalue weighted by Crippen LogP contribution is 2.32. The first-order valence-electron chi connectivity index (χ1n) is 9.79. The molecule has 1 unspecified atom stereocenters. The van der Waals surface area contributed by atoms with Crippen LogP contribution in [-0.4, -0.2) is 45.0 Å². The van der Waals surface area contributed by atoms with E-state index in [2.05, 4.69) is 27.4 Å². The molecule has 1 atom stereocenters. The van der Waals surface area contributed by atoms with Crippen molar-refractivity contribution < 1.29 is 4.79 Å². The van der Waals surface area contributed by atoms with E-state index < -0.39 is 5.91 Å². The summed E-state index contributed by atoms with van der Waals surface area (Å²) in [5.41, 5.74) is 9.00. The molecule has 6 nitrogen and oxygen atoms in total. The Morgan fingerprint density at radius 1 is 1.32 bits per heavy atom. The van der Waals surface area contributed by atoms with Crippen molar-refractivity contribution >= 4 is 23.1 Å². The van der Waals surface area contributed by atoms with Crippen LogP contribution in [0.2, 0.25) is 0 Å². The number of likely N-dealkylation sites (N-methyl/N-ethyl adjacent to an activating group) is 1. The van der Waals surface area contributed by atoms with Gasteiger partial charge in [-0.2, -0.15) is 0 Å². The van der Waals surface area contributed by atoms with Crippen LogP contribution in [0.1, 0.15) is 31.4 Å². The number of benzene rings is 1. The lowest BCUT2D eigenvalue weighted by molar-refractivity contribution is -0.113. The van der Waals surface area contributed by atoms with Gasteiger partial charge in [0.1, 0.15) is 11.3 Å². The van der Waals surface area contributed by atoms with Gasteiger partial charge < -0.3 is 15.2 Å². The number of primary amides is 1. The normalized spacial score (nSPS) is 18.1. The Labute approximate surface area is 164 Å². The maximum Gasteiger partial charge on any atom is 0.241 e. The van der Waals surface area contributed by atoms with Crippen LogP contribution in [0.25, 0.3) is 28.6 Å². The summed E-state index contributed by atoms with van der Waals surface area (Å²) in [4.78, 5) is 23.1. The maximum atomic E-state index is 11.1. The van der Waals surface area contributed by atoms with Gasteiger partial charge in [-0.3, -0.25) is 4.79 Å². The second kappa shape index (κ2) is 7.94. The number of piperidine rings is 1. The first kappa shape index (κ1) is 18.4. The Kier molecular flexibility index (Phi) is 5.21. The van der Waals surface area contributed by atoms with E-state index >= 15 is 0 Å². The summed E-state index contributed by atoms with van der Waals surface area (Å²) in [5, 5.41) is 0. The van der Waals surface area contributed by atoms with Gasteiger partial charge in [-0.15, -0.1) is 0 Å². The predicted molar refractivity (Wildman–Crippen MR) is 112 cm³/mol. The zero-order valence-electron chi connectivity index (χ0n) is 16.1. The van der Waals surface area contributed by atoms with Crippen LogP contribution in [0.15, 0.2) is 48.7 Å². The smallest absolute Gasteiger partial charge is 0.241 e. The summed E-state index contributed by atoms with van der Waals surface area (Å²) in [6.07, 6.45) is 7.23. The molecule has 28 heavy (non-hydrogen) atoms. The van der Waals surface area contributed by atoms with Crippen molar-refractivity contribution in [2.75, 3.05) is 19.6 Å². The third kappa shape index (κ3) is 3.68. The Hall–Kier alpha value is -2.99. The maximum absolute atomic E-state index is 11.1. The first-order chi connectivity index (χ1) is 13.7. The van der Waals surface area contributed by atoms with Crippen LogP contribution in [0, 0.1) is 0 Å². The number of nitrogens with two attached hydrogens (primary N) is 1. The van der Waals surface area contributed by atoms with Gasteiger partial charge in [0, 0.05) is 30.4 Å². The van der Waals surface area contributed by atoms with Crippen molar-refractivity contribution in [3.63, 3.8) is 0 Å². The third-order valence-electron chi connectivity index (χ3n) is 5.33. The number of nitrogens with zero attached hydrogens (tertiary/aromatic N) is 4. The van der Waals surface area contributed by atoms with Crippen molar-refractivity contribution in [1.82, 2.24) is 19.4 Å². The summed E-state index contributed by atoms with van der Waals surface area (Å²) < 4.78 is 2.30. The van der Waals surface area contributed by atoms with Crippen molar-refractivity contribution in [2.45, 2.75) is 25.8 Å². The minimum atomic E-state index is -0.455. The molecule has 1 aliphatic rings. The lowest BCUT2D eigenvalue weighted by Gasteiger charge is -2.33. The fraction of sp³-hybridized carbons (Fsp3) is 0.318. The van der Waals surface area contributed by atoms with Gasteiger partial charge in [0.05, 0.1) is 0 Å². The van der Waals surface area contributed by atoms with Gasteiger partial charge in [-0.25, -0.2) is 9.97 Å². The van der Waals surface area contributed by atoms with Crippen LogP contribution in [-0.2, 0) is 4.79 Å². The van der Waals surface area contributed by atoms with Gasteiger partial charge in [0.15, 0.2) is 5.65 Å². The quantitative estimate of drug-likeness (QED) is 0.695. The molecule has 144 valence electrons. The number of hydrogen-bond acceptors (Lipinski definition) is 4. The summed E-state index contributed by atoms with van der Waals surface area (Å²) in [5.74, 6) is 0.467. The second-order valence-corrected chi connectivity index (χ2v) is 7.20. The molecule has 2 N–H and O–H groups in total. The van der Waals surface area contributed by atoms with Gasteiger partial charge in [-0.05, 0) is 55.8 Å². The van der Waals surface area contributed by atoms with Gasteiger partial charge in [-0.1, -0.05) is 25.1 Å². The van der Waals surface area contributed by atoms with Crippen molar-refractivity contribution in [1.29, 1.82) is 0 Å². The van der Waals surface area contributed by atoms with Crippen LogP contribution in [0.3, 0.4) is 0 Å². The second-order valence-electron chi connectivity index (χ2n) is 7.20. The molecular weight excluding hydrogens is 350 g/mol. The van der Waals surface area contributed by atoms with E-state index in [-0.39, 0.29) is 0 Å². The zero-order valence-corrected chi connectivity index (χ0v) is 16.1. The van der Waals surface area contributed by atoms with E-state index in [1.807, 2.05) is 36.5 Å². The number of fused-ring (bicyclic) bond motifs is 1. The Balaban J connectivity index is 1.81. The molecule has 0 saturated carbocycles. The Morgan fingerprint density at radius 2 is 2.21 bits per heavy atom. The lowest BCUT2D eigenvalue weighted by atomic mass is 10.0. The number of carbonyl (C=O) groups is 1. The highest BCUT2D eigenvalue weighted by atomic mass is 16.1. The molecule has 0 radical (unpaired) electrons. The molecule has 0 bridgehead atoms. The molecule has 1 fully saturated rings. The highest BCUT2D eigenvalue weighted by molar-refractivity contribution is 5.90. The van der Waals surface area contributed by atoms with E-state index in [0.717, 1.165) is 54.2 Å². The van der Waals surface area contributed by atoms with E-state index in [4.69, 9.17) is 10.7 Å². The largest absolute Gasteiger partial charge is 0.366 e. The SMILES string of the molecule is CCN1CCCC(n2c(-c3cccc(/C=C/C(N)=O)c3)nc3cccnc32)C1. The van der Waals surface area contributed by atoms with Gasteiger partial charge in [0.2, 0.25) is 5.91 Å². The molecule has 2 aromatic heterocycles. The Morgan fingerprint density at radius 3 is 3.04 bits per heavy atom. The third-order valence-corrected chi connectivity index (χ3v) is 5.33. The average molecular weight is 375 g/mol. The number of imidazole rings is 1. The molecule has 0 spiro atoms. The first-order valence-corrected chi connectivity index (χ1v) is 9.79. The molecule has 1 aromatic carbocycles. The molecule has 6 heteroatoms. The zero-order chi connectivity index (χ0) is 19.5. The van der Waals surface area contributed by atoms with Crippen molar-refractivity contribution in [2.24, 2.45) is 5.73 Å². The van der Waals surface area contributed by atoms with E-state index in [1.54, 1.807) is 6.08 Å². The molecule has 4 rings (SSSR count). The number of likely N-dealkylation sites (tertiary alicyclic amines) is 1. The molecule has 1 aliphatic heterocycles. The summed E-state index contributed by atoms with van der Waals surface area (Å²) in [6.45, 7) is 5.42. The molecule has 1 amide bonds. The summed E-state index contributed by atoms with van der Waals surface area (Å²) in [6, 6.07) is 12.3. The van der Waals surface area contributed by atoms with E-state index in [1.165, 1.54) is 12.5 Å². The number of carbonyl (C=O) groups excluding carboxylic acids is 1. The minimum Gasteiger partial charge on any atom is -0.366 e. The molecule has 1 saturated heterocycles. The predicted octanol–water partition coefficient (Wildman–Crippen LogP) is 3.25. The number of amides is 1. The highest BCUT2D eigenvalue weighted by Gasteiger charge is 2.25. The lowest BCUT2D eigenvalue weighted by Crippen LogP contribution is -2.36. The van der Waals surface area contributed by atoms with Crippen LogP contribution >= 0.6 is 0 Å². The van der Waals surface area contributed by atoms with Crippen LogP contribution in [0.5, 0.6) is 0 Å². The number of aromatic nitrogens is 3. The molecule has 0 aliphatic carbocycles. The van der Waals surface area contributed by atoms with Crippen LogP contribution in [0.4, 0.5) is 0 Å². The number of rotatable bonds is 5. The fourth-order valence-electron chi connectivity index (χ4n) is 3.97. The number of hydrogen-bond donors (Lipinski definition) is 1. The van der Waals surface area contributed by atoms with E-state index in [0.29, 0.717) is 6.04 Å². The minimum absolute atomic E-state index is 0.341. The number of pyridine rings is 1. The fourth-order valence-corrected chi connectivity index (χ4v) is 3.97. The van der Waals surface area contributed by atoms with Crippen molar-refractivity contribution in [3.8, 4) is 11.4 Å².